The van der Waals surface area contributed by atoms with E-state index in [0.717, 1.165) is 12.8 Å². The molecule has 0 radical (unpaired) electrons. The molecule has 0 bridgehead atoms. The fraction of sp³-hybridized carbons (Fsp3) is 0.538. The second kappa shape index (κ2) is 5.63. The Balaban J connectivity index is 2.19. The first kappa shape index (κ1) is 13.2. The van der Waals surface area contributed by atoms with Crippen LogP contribution in [-0.2, 0) is 6.54 Å². The Morgan fingerprint density at radius 3 is 2.22 bits per heavy atom. The van der Waals surface area contributed by atoms with Crippen LogP contribution in [0, 0.1) is 17.6 Å². The molecule has 3 N–H and O–H groups in total. The van der Waals surface area contributed by atoms with Gasteiger partial charge < -0.3 is 15.7 Å². The Morgan fingerprint density at radius 1 is 1.22 bits per heavy atom. The number of anilines is 1. The highest BCUT2D eigenvalue weighted by atomic mass is 19.1. The first-order chi connectivity index (χ1) is 8.65. The predicted molar refractivity (Wildman–Crippen MR) is 66.3 cm³/mol. The third kappa shape index (κ3) is 2.62. The van der Waals surface area contributed by atoms with Crippen LogP contribution < -0.4 is 10.6 Å². The molecule has 1 fully saturated rings. The predicted octanol–water partition coefficient (Wildman–Crippen LogP) is 1.63. The van der Waals surface area contributed by atoms with Crippen molar-refractivity contribution in [3.8, 4) is 0 Å². The Hall–Kier alpha value is -1.20. The molecule has 1 aromatic carbocycles. The van der Waals surface area contributed by atoms with Crippen molar-refractivity contribution in [1.29, 1.82) is 0 Å². The van der Waals surface area contributed by atoms with Gasteiger partial charge in [-0.3, -0.25) is 0 Å². The van der Waals surface area contributed by atoms with Gasteiger partial charge in [-0.1, -0.05) is 0 Å². The van der Waals surface area contributed by atoms with Crippen LogP contribution in [0.3, 0.4) is 0 Å². The molecule has 1 aliphatic rings. The normalized spacial score (nSPS) is 17.2. The fourth-order valence-electron chi connectivity index (χ4n) is 2.38. The summed E-state index contributed by atoms with van der Waals surface area (Å²) >= 11 is 0. The third-order valence-electron chi connectivity index (χ3n) is 3.50. The van der Waals surface area contributed by atoms with Crippen LogP contribution in [-0.4, -0.2) is 24.8 Å². The number of hydrogen-bond acceptors (Lipinski definition) is 3. The molecule has 1 aliphatic heterocycles. The number of halogens is 2. The van der Waals surface area contributed by atoms with Crippen LogP contribution in [0.15, 0.2) is 12.1 Å². The zero-order chi connectivity index (χ0) is 13.1. The molecule has 2 rings (SSSR count). The molecule has 1 saturated heterocycles. The minimum atomic E-state index is -0.558. The van der Waals surface area contributed by atoms with Gasteiger partial charge in [-0.2, -0.15) is 0 Å². The van der Waals surface area contributed by atoms with Gasteiger partial charge in [-0.25, -0.2) is 8.78 Å². The Bertz CT molecular complexity index is 394. The third-order valence-corrected chi connectivity index (χ3v) is 3.50. The number of aliphatic hydroxyl groups is 1. The lowest BCUT2D eigenvalue weighted by Gasteiger charge is -2.33. The second-order valence-electron chi connectivity index (χ2n) is 4.73. The van der Waals surface area contributed by atoms with Crippen molar-refractivity contribution in [2.24, 2.45) is 11.7 Å². The molecule has 0 unspecified atom stereocenters. The Kier molecular flexibility index (Phi) is 4.14. The van der Waals surface area contributed by atoms with E-state index in [1.807, 2.05) is 0 Å². The molecule has 1 aromatic rings. The monoisotopic (exact) mass is 256 g/mol. The summed E-state index contributed by atoms with van der Waals surface area (Å²) in [5, 5.41) is 9.04. The summed E-state index contributed by atoms with van der Waals surface area (Å²) in [6, 6.07) is 2.58. The highest BCUT2D eigenvalue weighted by Gasteiger charge is 2.23. The highest BCUT2D eigenvalue weighted by Crippen LogP contribution is 2.29. The molecule has 0 aliphatic carbocycles. The topological polar surface area (TPSA) is 49.5 Å². The molecule has 3 nitrogen and oxygen atoms in total. The molecule has 0 aromatic heterocycles. The van der Waals surface area contributed by atoms with E-state index in [0.29, 0.717) is 18.7 Å². The summed E-state index contributed by atoms with van der Waals surface area (Å²) in [6.07, 6.45) is 1.52. The number of rotatable bonds is 3. The van der Waals surface area contributed by atoms with E-state index in [4.69, 9.17) is 10.8 Å². The number of nitrogens with zero attached hydrogens (tertiary/aromatic N) is 1. The van der Waals surface area contributed by atoms with E-state index in [2.05, 4.69) is 0 Å². The van der Waals surface area contributed by atoms with E-state index in [1.165, 1.54) is 12.1 Å². The van der Waals surface area contributed by atoms with Gasteiger partial charge in [0.2, 0.25) is 0 Å². The first-order valence-electron chi connectivity index (χ1n) is 6.19. The molecular formula is C13H18F2N2O. The molecule has 0 atom stereocenters. The molecule has 18 heavy (non-hydrogen) atoms. The molecule has 0 spiro atoms. The van der Waals surface area contributed by atoms with Gasteiger partial charge in [0.05, 0.1) is 0 Å². The van der Waals surface area contributed by atoms with Crippen molar-refractivity contribution in [3.05, 3.63) is 29.3 Å². The molecule has 100 valence electrons. The first-order valence-corrected chi connectivity index (χ1v) is 6.19. The summed E-state index contributed by atoms with van der Waals surface area (Å²) in [5.74, 6) is -0.869. The van der Waals surface area contributed by atoms with E-state index >= 15 is 0 Å². The minimum Gasteiger partial charge on any atom is -0.396 e. The van der Waals surface area contributed by atoms with Crippen molar-refractivity contribution in [3.63, 3.8) is 0 Å². The number of nitrogens with two attached hydrogens (primary N) is 1. The maximum absolute atomic E-state index is 13.9. The molecule has 1 heterocycles. The van der Waals surface area contributed by atoms with Gasteiger partial charge in [-0.05, 0) is 36.5 Å². The van der Waals surface area contributed by atoms with Gasteiger partial charge in [0.1, 0.15) is 17.3 Å². The van der Waals surface area contributed by atoms with Crippen LogP contribution in [0.5, 0.6) is 0 Å². The van der Waals surface area contributed by atoms with Gasteiger partial charge in [0.25, 0.3) is 0 Å². The largest absolute Gasteiger partial charge is 0.396 e. The lowest BCUT2D eigenvalue weighted by Crippen LogP contribution is -2.36. The van der Waals surface area contributed by atoms with Gasteiger partial charge in [0, 0.05) is 26.2 Å². The average Bonchev–Trinajstić information content (AvgIpc) is 2.38. The molecule has 0 amide bonds. The molecule has 5 heteroatoms. The van der Waals surface area contributed by atoms with Crippen LogP contribution in [0.25, 0.3) is 0 Å². The maximum Gasteiger partial charge on any atom is 0.149 e. The van der Waals surface area contributed by atoms with Gasteiger partial charge in [0.15, 0.2) is 0 Å². The van der Waals surface area contributed by atoms with E-state index in [9.17, 15) is 8.78 Å². The number of benzene rings is 1. The maximum atomic E-state index is 13.9. The lowest BCUT2D eigenvalue weighted by atomic mass is 9.97. The summed E-state index contributed by atoms with van der Waals surface area (Å²) < 4.78 is 27.7. The SMILES string of the molecule is NCc1cc(F)c(N2CCC(CO)CC2)c(F)c1. The summed E-state index contributed by atoms with van der Waals surface area (Å²) in [7, 11) is 0. The number of piperidine rings is 1. The van der Waals surface area contributed by atoms with Gasteiger partial charge in [-0.15, -0.1) is 0 Å². The Labute approximate surface area is 105 Å². The Morgan fingerprint density at radius 2 is 1.78 bits per heavy atom. The summed E-state index contributed by atoms with van der Waals surface area (Å²) in [5.41, 5.74) is 5.87. The van der Waals surface area contributed by atoms with Crippen LogP contribution >= 0.6 is 0 Å². The smallest absolute Gasteiger partial charge is 0.149 e. The quantitative estimate of drug-likeness (QED) is 0.864. The van der Waals surface area contributed by atoms with Crippen LogP contribution in [0.4, 0.5) is 14.5 Å². The van der Waals surface area contributed by atoms with E-state index < -0.39 is 11.6 Å². The number of aliphatic hydroxyl groups excluding tert-OH is 1. The summed E-state index contributed by atoms with van der Waals surface area (Å²) in [4.78, 5) is 1.71. The number of hydrogen-bond donors (Lipinski definition) is 2. The van der Waals surface area contributed by atoms with Crippen molar-refractivity contribution in [1.82, 2.24) is 0 Å². The van der Waals surface area contributed by atoms with Crippen molar-refractivity contribution in [2.45, 2.75) is 19.4 Å². The zero-order valence-corrected chi connectivity index (χ0v) is 10.2. The van der Waals surface area contributed by atoms with E-state index in [-0.39, 0.29) is 24.8 Å². The van der Waals surface area contributed by atoms with Gasteiger partial charge >= 0.3 is 0 Å². The standard InChI is InChI=1S/C13H18F2N2O/c14-11-5-10(7-16)6-12(15)13(11)17-3-1-9(8-18)2-4-17/h5-6,9,18H,1-4,7-8,16H2. The molecule has 0 saturated carbocycles. The second-order valence-corrected chi connectivity index (χ2v) is 4.73. The van der Waals surface area contributed by atoms with Crippen molar-refractivity contribution < 1.29 is 13.9 Å². The average molecular weight is 256 g/mol. The van der Waals surface area contributed by atoms with Crippen LogP contribution in [0.2, 0.25) is 0 Å². The summed E-state index contributed by atoms with van der Waals surface area (Å²) in [6.45, 7) is 1.41. The van der Waals surface area contributed by atoms with Crippen molar-refractivity contribution >= 4 is 5.69 Å². The molecular weight excluding hydrogens is 238 g/mol. The van der Waals surface area contributed by atoms with Crippen LogP contribution in [0.1, 0.15) is 18.4 Å². The van der Waals surface area contributed by atoms with E-state index in [1.54, 1.807) is 4.90 Å². The highest BCUT2D eigenvalue weighted by molar-refractivity contribution is 5.51. The lowest BCUT2D eigenvalue weighted by molar-refractivity contribution is 0.202. The van der Waals surface area contributed by atoms with Crippen molar-refractivity contribution in [2.75, 3.05) is 24.6 Å². The minimum absolute atomic E-state index is 0.0311. The fourth-order valence-corrected chi connectivity index (χ4v) is 2.38. The zero-order valence-electron chi connectivity index (χ0n) is 10.2.